The number of carbonyl (C=O) groups excluding carboxylic acids is 2. The molecule has 0 spiro atoms. The topological polar surface area (TPSA) is 68.3 Å². The second kappa shape index (κ2) is 6.35. The quantitative estimate of drug-likeness (QED) is 0.618. The summed E-state index contributed by atoms with van der Waals surface area (Å²) in [5.41, 5.74) is 0.138. The highest BCUT2D eigenvalue weighted by Gasteiger charge is 2.37. The van der Waals surface area contributed by atoms with Crippen molar-refractivity contribution in [2.45, 2.75) is 46.1 Å². The van der Waals surface area contributed by atoms with Crippen molar-refractivity contribution < 1.29 is 14.3 Å². The van der Waals surface area contributed by atoms with Gasteiger partial charge in [-0.1, -0.05) is 24.7 Å². The van der Waals surface area contributed by atoms with Crippen molar-refractivity contribution in [2.75, 3.05) is 11.9 Å². The van der Waals surface area contributed by atoms with Gasteiger partial charge in [0, 0.05) is 13.0 Å². The van der Waals surface area contributed by atoms with E-state index in [4.69, 9.17) is 4.74 Å². The third-order valence-corrected chi connectivity index (χ3v) is 4.39. The van der Waals surface area contributed by atoms with Crippen LogP contribution in [-0.2, 0) is 4.74 Å². The van der Waals surface area contributed by atoms with Gasteiger partial charge in [0.2, 0.25) is 0 Å². The average molecular weight is 296 g/mol. The van der Waals surface area contributed by atoms with E-state index >= 15 is 0 Å². The molecule has 0 bridgehead atoms. The van der Waals surface area contributed by atoms with Crippen LogP contribution in [0.25, 0.3) is 0 Å². The van der Waals surface area contributed by atoms with Gasteiger partial charge >= 0.3 is 5.97 Å². The Labute approximate surface area is 122 Å². The Morgan fingerprint density at radius 3 is 2.80 bits per heavy atom. The van der Waals surface area contributed by atoms with E-state index in [0.29, 0.717) is 22.0 Å². The zero-order chi connectivity index (χ0) is 14.7. The lowest BCUT2D eigenvalue weighted by Crippen LogP contribution is -2.10. The molecule has 6 heteroatoms. The molecule has 1 aromatic rings. The fourth-order valence-electron chi connectivity index (χ4n) is 2.23. The first kappa shape index (κ1) is 15.0. The summed E-state index contributed by atoms with van der Waals surface area (Å²) in [6.07, 6.45) is 3.51. The van der Waals surface area contributed by atoms with Gasteiger partial charge in [-0.3, -0.25) is 4.79 Å². The molecule has 1 fully saturated rings. The van der Waals surface area contributed by atoms with Crippen molar-refractivity contribution in [1.29, 1.82) is 0 Å². The number of aromatic nitrogens is 1. The van der Waals surface area contributed by atoms with Crippen LogP contribution < -0.4 is 5.32 Å². The van der Waals surface area contributed by atoms with E-state index in [0.717, 1.165) is 6.42 Å². The number of rotatable bonds is 7. The summed E-state index contributed by atoms with van der Waals surface area (Å²) in [6, 6.07) is 0.427. The number of anilines is 1. The molecule has 1 aliphatic rings. The lowest BCUT2D eigenvalue weighted by Gasteiger charge is -2.00. The molecule has 1 aliphatic carbocycles. The van der Waals surface area contributed by atoms with Crippen molar-refractivity contribution in [3.05, 3.63) is 10.6 Å². The minimum Gasteiger partial charge on any atom is -0.461 e. The molecule has 0 saturated heterocycles. The van der Waals surface area contributed by atoms with E-state index in [1.165, 1.54) is 31.1 Å². The van der Waals surface area contributed by atoms with Crippen molar-refractivity contribution in [1.82, 2.24) is 4.98 Å². The number of thiazole rings is 1. The molecule has 1 saturated carbocycles. The summed E-state index contributed by atoms with van der Waals surface area (Å²) in [5.74, 6) is 0.0122. The van der Waals surface area contributed by atoms with Gasteiger partial charge in [-0.2, -0.15) is 0 Å². The van der Waals surface area contributed by atoms with Crippen LogP contribution in [-0.4, -0.2) is 29.4 Å². The number of carbonyl (C=O) groups is 2. The third-order valence-electron chi connectivity index (χ3n) is 3.31. The van der Waals surface area contributed by atoms with Gasteiger partial charge in [0.25, 0.3) is 0 Å². The van der Waals surface area contributed by atoms with Gasteiger partial charge in [0.1, 0.15) is 4.88 Å². The van der Waals surface area contributed by atoms with Gasteiger partial charge in [-0.15, -0.1) is 0 Å². The Hall–Kier alpha value is -1.43. The number of nitrogens with one attached hydrogen (secondary N) is 1. The Balaban J connectivity index is 2.09. The second-order valence-electron chi connectivity index (χ2n) is 5.01. The number of hydrogen-bond donors (Lipinski definition) is 1. The molecule has 1 N–H and O–H groups in total. The van der Waals surface area contributed by atoms with Crippen molar-refractivity contribution in [2.24, 2.45) is 5.92 Å². The van der Waals surface area contributed by atoms with E-state index in [2.05, 4.69) is 17.2 Å². The molecular weight excluding hydrogens is 276 g/mol. The van der Waals surface area contributed by atoms with Crippen LogP contribution in [0.4, 0.5) is 5.13 Å². The van der Waals surface area contributed by atoms with Crippen LogP contribution in [0, 0.1) is 5.92 Å². The Morgan fingerprint density at radius 1 is 1.45 bits per heavy atom. The number of ketones is 1. The van der Waals surface area contributed by atoms with Gasteiger partial charge in [0.05, 0.1) is 6.61 Å². The van der Waals surface area contributed by atoms with Crippen molar-refractivity contribution in [3.8, 4) is 0 Å². The number of esters is 1. The molecule has 5 nitrogen and oxygen atoms in total. The van der Waals surface area contributed by atoms with Crippen LogP contribution in [0.3, 0.4) is 0 Å². The van der Waals surface area contributed by atoms with Crippen molar-refractivity contribution >= 4 is 28.2 Å². The van der Waals surface area contributed by atoms with Crippen LogP contribution >= 0.6 is 11.3 Å². The minimum atomic E-state index is -0.525. The molecule has 110 valence electrons. The number of ether oxygens (including phenoxy) is 1. The smallest absolute Gasteiger partial charge is 0.358 e. The predicted octanol–water partition coefficient (Wildman–Crippen LogP) is 3.12. The Bertz CT molecular complexity index is 513. The van der Waals surface area contributed by atoms with E-state index in [1.54, 1.807) is 6.92 Å². The van der Waals surface area contributed by atoms with Gasteiger partial charge < -0.3 is 10.1 Å². The average Bonchev–Trinajstić information content (AvgIpc) is 2.96. The largest absolute Gasteiger partial charge is 0.461 e. The summed E-state index contributed by atoms with van der Waals surface area (Å²) < 4.78 is 4.94. The maximum atomic E-state index is 11.8. The molecule has 1 aromatic heterocycles. The predicted molar refractivity (Wildman–Crippen MR) is 78.5 cm³/mol. The highest BCUT2D eigenvalue weighted by Crippen LogP contribution is 2.38. The molecule has 20 heavy (non-hydrogen) atoms. The molecule has 1 heterocycles. The number of hydrogen-bond acceptors (Lipinski definition) is 6. The summed E-state index contributed by atoms with van der Waals surface area (Å²) in [7, 11) is 0. The lowest BCUT2D eigenvalue weighted by atomic mass is 10.2. The van der Waals surface area contributed by atoms with Gasteiger partial charge in [0.15, 0.2) is 16.6 Å². The van der Waals surface area contributed by atoms with Crippen LogP contribution in [0.1, 0.15) is 60.2 Å². The molecule has 0 aromatic carbocycles. The van der Waals surface area contributed by atoms with Crippen molar-refractivity contribution in [3.63, 3.8) is 0 Å². The van der Waals surface area contributed by atoms with Crippen LogP contribution in [0.5, 0.6) is 0 Å². The zero-order valence-electron chi connectivity index (χ0n) is 12.1. The van der Waals surface area contributed by atoms with E-state index in [1.807, 2.05) is 0 Å². The zero-order valence-corrected chi connectivity index (χ0v) is 12.9. The Morgan fingerprint density at radius 2 is 2.20 bits per heavy atom. The summed E-state index contributed by atoms with van der Waals surface area (Å²) in [5, 5.41) is 3.95. The molecule has 2 unspecified atom stereocenters. The molecule has 2 rings (SSSR count). The standard InChI is InChI=1S/C14H20N2O3S/c1-4-6-9-7-10(9)15-14-16-11(13(18)19-5-2)12(20-14)8(3)17/h9-10H,4-7H2,1-3H3,(H,15,16). The first-order valence-electron chi connectivity index (χ1n) is 7.02. The third kappa shape index (κ3) is 3.36. The molecule has 0 aliphatic heterocycles. The maximum absolute atomic E-state index is 11.8. The number of nitrogens with zero attached hydrogens (tertiary/aromatic N) is 1. The first-order valence-corrected chi connectivity index (χ1v) is 7.83. The fourth-order valence-corrected chi connectivity index (χ4v) is 3.14. The maximum Gasteiger partial charge on any atom is 0.358 e. The van der Waals surface area contributed by atoms with E-state index < -0.39 is 5.97 Å². The lowest BCUT2D eigenvalue weighted by molar-refractivity contribution is 0.0517. The highest BCUT2D eigenvalue weighted by atomic mass is 32.1. The summed E-state index contributed by atoms with van der Waals surface area (Å²) >= 11 is 1.24. The van der Waals surface area contributed by atoms with Gasteiger partial charge in [-0.05, 0) is 25.7 Å². The van der Waals surface area contributed by atoms with E-state index in [9.17, 15) is 9.59 Å². The first-order chi connectivity index (χ1) is 9.56. The normalized spacial score (nSPS) is 20.6. The van der Waals surface area contributed by atoms with E-state index in [-0.39, 0.29) is 18.1 Å². The molecular formula is C14H20N2O3S. The SMILES string of the molecule is CCCC1CC1Nc1nc(C(=O)OCC)c(C(C)=O)s1. The monoisotopic (exact) mass is 296 g/mol. The van der Waals surface area contributed by atoms with Crippen LogP contribution in [0.15, 0.2) is 0 Å². The highest BCUT2D eigenvalue weighted by molar-refractivity contribution is 7.17. The number of Topliss-reactive ketones (excluding diaryl/α,β-unsaturated/α-hetero) is 1. The van der Waals surface area contributed by atoms with Gasteiger partial charge in [-0.25, -0.2) is 9.78 Å². The molecule has 0 amide bonds. The Kier molecular flexibility index (Phi) is 4.75. The summed E-state index contributed by atoms with van der Waals surface area (Å²) in [6.45, 7) is 5.62. The fraction of sp³-hybridized carbons (Fsp3) is 0.643. The summed E-state index contributed by atoms with van der Waals surface area (Å²) in [4.78, 5) is 28.0. The molecule has 0 radical (unpaired) electrons. The van der Waals surface area contributed by atoms with Crippen LogP contribution in [0.2, 0.25) is 0 Å². The molecule has 2 atom stereocenters. The second-order valence-corrected chi connectivity index (χ2v) is 6.01. The minimum absolute atomic E-state index is 0.138.